The number of nitrogens with one attached hydrogen (secondary N) is 1. The van der Waals surface area contributed by atoms with Gasteiger partial charge in [0.1, 0.15) is 6.61 Å². The largest absolute Gasteiger partial charge is 0.459 e. The molecule has 6 heteroatoms. The van der Waals surface area contributed by atoms with Gasteiger partial charge in [0.25, 0.3) is 0 Å². The summed E-state index contributed by atoms with van der Waals surface area (Å²) in [5.74, 6) is -0.675. The first-order valence-corrected chi connectivity index (χ1v) is 7.32. The van der Waals surface area contributed by atoms with E-state index < -0.39 is 5.97 Å². The number of carbonyl (C=O) groups excluding carboxylic acids is 2. The molecule has 0 aliphatic heterocycles. The Labute approximate surface area is 134 Å². The van der Waals surface area contributed by atoms with Crippen LogP contribution in [0, 0.1) is 6.92 Å². The van der Waals surface area contributed by atoms with Crippen LogP contribution in [0.3, 0.4) is 0 Å². The van der Waals surface area contributed by atoms with Crippen LogP contribution < -0.4 is 5.32 Å². The number of pyridine rings is 1. The molecule has 1 aromatic heterocycles. The van der Waals surface area contributed by atoms with Crippen molar-refractivity contribution in [2.45, 2.75) is 26.9 Å². The highest BCUT2D eigenvalue weighted by molar-refractivity contribution is 6.04. The van der Waals surface area contributed by atoms with Crippen molar-refractivity contribution in [2.24, 2.45) is 0 Å². The molecule has 2 aromatic rings. The van der Waals surface area contributed by atoms with Crippen LogP contribution in [0.5, 0.6) is 0 Å². The number of amides is 1. The number of fused-ring (bicyclic) bond motifs is 1. The van der Waals surface area contributed by atoms with Gasteiger partial charge in [0.2, 0.25) is 5.91 Å². The molecule has 0 saturated carbocycles. The molecule has 0 aliphatic carbocycles. The third-order valence-electron chi connectivity index (χ3n) is 3.06. The first kappa shape index (κ1) is 16.9. The van der Waals surface area contributed by atoms with E-state index in [-0.39, 0.29) is 18.6 Å². The predicted molar refractivity (Wildman–Crippen MR) is 87.5 cm³/mol. The van der Waals surface area contributed by atoms with E-state index in [0.29, 0.717) is 22.2 Å². The summed E-state index contributed by atoms with van der Waals surface area (Å²) in [6.45, 7) is 5.38. The van der Waals surface area contributed by atoms with E-state index in [9.17, 15) is 9.59 Å². The third kappa shape index (κ3) is 4.26. The zero-order valence-corrected chi connectivity index (χ0v) is 13.7. The highest BCUT2D eigenvalue weighted by atomic mass is 16.5. The van der Waals surface area contributed by atoms with E-state index in [1.807, 2.05) is 6.92 Å². The molecule has 0 fully saturated rings. The van der Waals surface area contributed by atoms with Gasteiger partial charge in [0.05, 0.1) is 22.9 Å². The number of anilines is 1. The van der Waals surface area contributed by atoms with Crippen molar-refractivity contribution in [2.75, 3.05) is 19.0 Å². The Hall–Kier alpha value is -2.47. The van der Waals surface area contributed by atoms with Crippen LogP contribution in [0.1, 0.15) is 29.9 Å². The minimum Gasteiger partial charge on any atom is -0.459 e. The van der Waals surface area contributed by atoms with E-state index in [0.717, 1.165) is 5.69 Å². The molecule has 0 bridgehead atoms. The second-order valence-corrected chi connectivity index (χ2v) is 5.48. The topological polar surface area (TPSA) is 77.5 Å². The number of benzene rings is 1. The van der Waals surface area contributed by atoms with E-state index in [4.69, 9.17) is 9.47 Å². The number of hydrogen-bond donors (Lipinski definition) is 1. The highest BCUT2D eigenvalue weighted by Crippen LogP contribution is 2.25. The number of esters is 1. The van der Waals surface area contributed by atoms with Crippen molar-refractivity contribution >= 4 is 28.5 Å². The summed E-state index contributed by atoms with van der Waals surface area (Å²) in [6.07, 6.45) is -0.199. The molecule has 0 aliphatic rings. The maximum atomic E-state index is 12.1. The maximum Gasteiger partial charge on any atom is 0.338 e. The van der Waals surface area contributed by atoms with E-state index in [1.54, 1.807) is 38.1 Å². The van der Waals surface area contributed by atoms with Crippen LogP contribution in [0.4, 0.5) is 5.69 Å². The predicted octanol–water partition coefficient (Wildman–Crippen LogP) is 2.69. The van der Waals surface area contributed by atoms with E-state index >= 15 is 0 Å². The second kappa shape index (κ2) is 7.19. The smallest absolute Gasteiger partial charge is 0.338 e. The molecule has 6 nitrogen and oxygen atoms in total. The first-order valence-electron chi connectivity index (χ1n) is 7.32. The Bertz CT molecular complexity index is 741. The van der Waals surface area contributed by atoms with Gasteiger partial charge < -0.3 is 14.8 Å². The van der Waals surface area contributed by atoms with Crippen molar-refractivity contribution in [1.29, 1.82) is 0 Å². The Balaban J connectivity index is 2.44. The quantitative estimate of drug-likeness (QED) is 0.858. The van der Waals surface area contributed by atoms with Crippen LogP contribution in [-0.2, 0) is 14.3 Å². The van der Waals surface area contributed by atoms with E-state index in [2.05, 4.69) is 10.3 Å². The molecule has 0 unspecified atom stereocenters. The Morgan fingerprint density at radius 3 is 2.65 bits per heavy atom. The van der Waals surface area contributed by atoms with E-state index in [1.165, 1.54) is 7.11 Å². The van der Waals surface area contributed by atoms with Gasteiger partial charge in [-0.05, 0) is 45.0 Å². The summed E-state index contributed by atoms with van der Waals surface area (Å²) in [7, 11) is 1.45. The van der Waals surface area contributed by atoms with Gasteiger partial charge in [-0.25, -0.2) is 4.79 Å². The second-order valence-electron chi connectivity index (χ2n) is 5.48. The van der Waals surface area contributed by atoms with Crippen LogP contribution >= 0.6 is 0 Å². The molecule has 0 atom stereocenters. The fourth-order valence-electron chi connectivity index (χ4n) is 2.19. The molecule has 0 spiro atoms. The summed E-state index contributed by atoms with van der Waals surface area (Å²) in [5.41, 5.74) is 2.47. The van der Waals surface area contributed by atoms with Crippen molar-refractivity contribution < 1.29 is 19.1 Å². The summed E-state index contributed by atoms with van der Waals surface area (Å²) in [6, 6.07) is 6.84. The minimum atomic E-state index is -0.406. The average molecular weight is 316 g/mol. The Morgan fingerprint density at radius 1 is 1.26 bits per heavy atom. The summed E-state index contributed by atoms with van der Waals surface area (Å²) in [4.78, 5) is 28.3. The average Bonchev–Trinajstić information content (AvgIpc) is 2.46. The molecule has 1 N–H and O–H groups in total. The van der Waals surface area contributed by atoms with Gasteiger partial charge >= 0.3 is 5.97 Å². The van der Waals surface area contributed by atoms with Crippen molar-refractivity contribution in [3.63, 3.8) is 0 Å². The summed E-state index contributed by atoms with van der Waals surface area (Å²) < 4.78 is 10.0. The molecule has 1 amide bonds. The molecule has 0 radical (unpaired) electrons. The standard InChI is InChI=1S/C17H20N2O4/c1-10(2)23-17(21)12-5-6-14-13(8-12)15(7-11(3)18-14)19-16(20)9-22-4/h5-8,10H,9H2,1-4H3,(H,18,19,20). The lowest BCUT2D eigenvalue weighted by molar-refractivity contribution is -0.119. The van der Waals surface area contributed by atoms with Crippen molar-refractivity contribution in [3.8, 4) is 0 Å². The molecule has 1 heterocycles. The number of nitrogens with zero attached hydrogens (tertiary/aromatic N) is 1. The SMILES string of the molecule is COCC(=O)Nc1cc(C)nc2ccc(C(=O)OC(C)C)cc12. The van der Waals surface area contributed by atoms with Gasteiger partial charge in [0, 0.05) is 18.2 Å². The van der Waals surface area contributed by atoms with Gasteiger partial charge in [-0.15, -0.1) is 0 Å². The molecule has 122 valence electrons. The van der Waals surface area contributed by atoms with Gasteiger partial charge in [-0.3, -0.25) is 9.78 Å². The van der Waals surface area contributed by atoms with Crippen molar-refractivity contribution in [3.05, 3.63) is 35.5 Å². The zero-order valence-electron chi connectivity index (χ0n) is 13.7. The highest BCUT2D eigenvalue weighted by Gasteiger charge is 2.13. The van der Waals surface area contributed by atoms with Crippen LogP contribution in [0.15, 0.2) is 24.3 Å². The lowest BCUT2D eigenvalue weighted by Gasteiger charge is -2.12. The van der Waals surface area contributed by atoms with Crippen LogP contribution in [0.25, 0.3) is 10.9 Å². The normalized spacial score (nSPS) is 10.8. The zero-order chi connectivity index (χ0) is 17.0. The molecule has 2 rings (SSSR count). The van der Waals surface area contributed by atoms with Gasteiger partial charge in [-0.2, -0.15) is 0 Å². The van der Waals surface area contributed by atoms with Crippen LogP contribution in [0.2, 0.25) is 0 Å². The third-order valence-corrected chi connectivity index (χ3v) is 3.06. The number of rotatable bonds is 5. The molecular formula is C17H20N2O4. The molecular weight excluding hydrogens is 296 g/mol. The number of methoxy groups -OCH3 is 1. The summed E-state index contributed by atoms with van der Waals surface area (Å²) >= 11 is 0. The minimum absolute atomic E-state index is 0.0437. The lowest BCUT2D eigenvalue weighted by atomic mass is 10.1. The van der Waals surface area contributed by atoms with Crippen molar-refractivity contribution in [1.82, 2.24) is 4.98 Å². The number of ether oxygens (including phenoxy) is 2. The van der Waals surface area contributed by atoms with Gasteiger partial charge in [-0.1, -0.05) is 0 Å². The van der Waals surface area contributed by atoms with Gasteiger partial charge in [0.15, 0.2) is 0 Å². The monoisotopic (exact) mass is 316 g/mol. The van der Waals surface area contributed by atoms with Crippen LogP contribution in [-0.4, -0.2) is 36.7 Å². The fraction of sp³-hybridized carbons (Fsp3) is 0.353. The number of carbonyl (C=O) groups is 2. The number of hydrogen-bond acceptors (Lipinski definition) is 5. The lowest BCUT2D eigenvalue weighted by Crippen LogP contribution is -2.17. The summed E-state index contributed by atoms with van der Waals surface area (Å²) in [5, 5.41) is 3.46. The first-order chi connectivity index (χ1) is 10.9. The Kier molecular flexibility index (Phi) is 5.28. The molecule has 0 saturated heterocycles. The maximum absolute atomic E-state index is 12.1. The number of aryl methyl sites for hydroxylation is 1. The molecule has 1 aromatic carbocycles. The fourth-order valence-corrected chi connectivity index (χ4v) is 2.19. The Morgan fingerprint density at radius 2 is 2.00 bits per heavy atom. The molecule has 23 heavy (non-hydrogen) atoms. The number of aromatic nitrogens is 1.